The Hall–Kier alpha value is -2.20. The van der Waals surface area contributed by atoms with Crippen LogP contribution < -0.4 is 4.90 Å². The Bertz CT molecular complexity index is 1220. The van der Waals surface area contributed by atoms with Crippen molar-refractivity contribution in [2.24, 2.45) is 0 Å². The van der Waals surface area contributed by atoms with E-state index in [0.29, 0.717) is 49.9 Å². The van der Waals surface area contributed by atoms with Gasteiger partial charge in [0, 0.05) is 44.8 Å². The summed E-state index contributed by atoms with van der Waals surface area (Å²) in [6, 6.07) is 10.1. The molecular weight excluding hydrogens is 480 g/mol. The number of piperazine rings is 1. The first-order valence-corrected chi connectivity index (χ1v) is 13.6. The second kappa shape index (κ2) is 9.58. The maximum atomic E-state index is 13.0. The van der Waals surface area contributed by atoms with E-state index in [-0.39, 0.29) is 10.8 Å². The Morgan fingerprint density at radius 3 is 2.27 bits per heavy atom. The van der Waals surface area contributed by atoms with Crippen LogP contribution in [0.5, 0.6) is 0 Å². The highest BCUT2D eigenvalue weighted by molar-refractivity contribution is 7.89. The third-order valence-corrected chi connectivity index (χ3v) is 9.61. The van der Waals surface area contributed by atoms with Crippen molar-refractivity contribution in [1.29, 1.82) is 0 Å². The Morgan fingerprint density at radius 2 is 1.70 bits per heavy atom. The van der Waals surface area contributed by atoms with Gasteiger partial charge in [0.15, 0.2) is 5.13 Å². The summed E-state index contributed by atoms with van der Waals surface area (Å²) in [7, 11) is -3.54. The summed E-state index contributed by atoms with van der Waals surface area (Å²) in [6.45, 7) is 8.95. The van der Waals surface area contributed by atoms with Gasteiger partial charge in [-0.2, -0.15) is 4.31 Å². The fourth-order valence-corrected chi connectivity index (χ4v) is 6.82. The summed E-state index contributed by atoms with van der Waals surface area (Å²) in [6.07, 6.45) is 0. The summed E-state index contributed by atoms with van der Waals surface area (Å²) in [5.41, 5.74) is 2.52. The highest BCUT2D eigenvalue weighted by atomic mass is 35.5. The molecule has 0 aliphatic carbocycles. The van der Waals surface area contributed by atoms with Gasteiger partial charge in [-0.1, -0.05) is 42.9 Å². The SMILES string of the molecule is CCN(CC)S(=O)(=O)c1ccc(C(=O)N2CCN(c3nc4c(C)ccc(Cl)c4s3)CC2)cc1. The zero-order valence-corrected chi connectivity index (χ0v) is 21.3. The first-order valence-electron chi connectivity index (χ1n) is 11.0. The van der Waals surface area contributed by atoms with Crippen LogP contribution in [0.3, 0.4) is 0 Å². The molecule has 7 nitrogen and oxygen atoms in total. The Morgan fingerprint density at radius 1 is 1.06 bits per heavy atom. The average Bonchev–Trinajstić information content (AvgIpc) is 3.29. The van der Waals surface area contributed by atoms with Gasteiger partial charge >= 0.3 is 0 Å². The molecule has 0 radical (unpaired) electrons. The molecule has 0 spiro atoms. The van der Waals surface area contributed by atoms with Gasteiger partial charge in [0.25, 0.3) is 5.91 Å². The number of sulfonamides is 1. The van der Waals surface area contributed by atoms with E-state index in [4.69, 9.17) is 16.6 Å². The predicted octanol–water partition coefficient (Wildman–Crippen LogP) is 4.25. The smallest absolute Gasteiger partial charge is 0.253 e. The average molecular weight is 507 g/mol. The highest BCUT2D eigenvalue weighted by Gasteiger charge is 2.26. The van der Waals surface area contributed by atoms with Gasteiger partial charge in [-0.05, 0) is 42.8 Å². The summed E-state index contributed by atoms with van der Waals surface area (Å²) < 4.78 is 27.7. The molecule has 33 heavy (non-hydrogen) atoms. The van der Waals surface area contributed by atoms with Crippen LogP contribution in [0.1, 0.15) is 29.8 Å². The number of nitrogens with zero attached hydrogens (tertiary/aromatic N) is 4. The van der Waals surface area contributed by atoms with Crippen LogP contribution in [0, 0.1) is 6.92 Å². The Balaban J connectivity index is 1.43. The maximum absolute atomic E-state index is 13.0. The molecule has 2 heterocycles. The number of amides is 1. The fourth-order valence-electron chi connectivity index (χ4n) is 3.99. The largest absolute Gasteiger partial charge is 0.345 e. The molecule has 1 saturated heterocycles. The normalized spacial score (nSPS) is 14.9. The number of benzene rings is 2. The molecule has 4 rings (SSSR count). The second-order valence-electron chi connectivity index (χ2n) is 7.93. The van der Waals surface area contributed by atoms with Crippen LogP contribution >= 0.6 is 22.9 Å². The molecule has 1 aromatic heterocycles. The monoisotopic (exact) mass is 506 g/mol. The Kier molecular flexibility index (Phi) is 6.95. The number of carbonyl (C=O) groups is 1. The topological polar surface area (TPSA) is 73.8 Å². The second-order valence-corrected chi connectivity index (χ2v) is 11.3. The third-order valence-electron chi connectivity index (χ3n) is 5.97. The van der Waals surface area contributed by atoms with Gasteiger partial charge in [0.2, 0.25) is 10.0 Å². The summed E-state index contributed by atoms with van der Waals surface area (Å²) >= 11 is 7.92. The van der Waals surface area contributed by atoms with Crippen molar-refractivity contribution in [3.63, 3.8) is 0 Å². The van der Waals surface area contributed by atoms with Crippen LogP contribution in [-0.4, -0.2) is 67.8 Å². The van der Waals surface area contributed by atoms with E-state index in [1.807, 2.05) is 32.9 Å². The maximum Gasteiger partial charge on any atom is 0.253 e. The van der Waals surface area contributed by atoms with E-state index in [2.05, 4.69) is 4.90 Å². The van der Waals surface area contributed by atoms with Gasteiger partial charge in [0.05, 0.1) is 20.1 Å². The number of rotatable bonds is 6. The molecule has 0 N–H and O–H groups in total. The molecule has 1 aliphatic heterocycles. The van der Waals surface area contributed by atoms with Crippen LogP contribution in [0.25, 0.3) is 10.2 Å². The number of fused-ring (bicyclic) bond motifs is 1. The number of anilines is 1. The van der Waals surface area contributed by atoms with Crippen LogP contribution in [0.15, 0.2) is 41.3 Å². The van der Waals surface area contributed by atoms with E-state index in [1.165, 1.54) is 16.4 Å². The van der Waals surface area contributed by atoms with E-state index < -0.39 is 10.0 Å². The minimum Gasteiger partial charge on any atom is -0.345 e. The van der Waals surface area contributed by atoms with Crippen LogP contribution in [0.2, 0.25) is 5.02 Å². The molecule has 0 atom stereocenters. The van der Waals surface area contributed by atoms with Gasteiger partial charge in [-0.25, -0.2) is 13.4 Å². The quantitative estimate of drug-likeness (QED) is 0.499. The fraction of sp³-hybridized carbons (Fsp3) is 0.391. The molecule has 10 heteroatoms. The lowest BCUT2D eigenvalue weighted by Crippen LogP contribution is -2.48. The van der Waals surface area contributed by atoms with Crippen molar-refractivity contribution < 1.29 is 13.2 Å². The van der Waals surface area contributed by atoms with Crippen molar-refractivity contribution >= 4 is 54.2 Å². The van der Waals surface area contributed by atoms with Gasteiger partial charge in [0.1, 0.15) is 0 Å². The van der Waals surface area contributed by atoms with E-state index >= 15 is 0 Å². The van der Waals surface area contributed by atoms with Crippen LogP contribution in [-0.2, 0) is 10.0 Å². The van der Waals surface area contributed by atoms with Gasteiger partial charge < -0.3 is 9.80 Å². The predicted molar refractivity (Wildman–Crippen MR) is 134 cm³/mol. The molecule has 1 aliphatic rings. The summed E-state index contributed by atoms with van der Waals surface area (Å²) in [4.78, 5) is 22.0. The van der Waals surface area contributed by atoms with Crippen molar-refractivity contribution in [2.45, 2.75) is 25.7 Å². The van der Waals surface area contributed by atoms with Crippen molar-refractivity contribution in [3.8, 4) is 0 Å². The molecule has 1 amide bonds. The zero-order valence-electron chi connectivity index (χ0n) is 18.9. The number of thiazole rings is 1. The lowest BCUT2D eigenvalue weighted by atomic mass is 10.2. The summed E-state index contributed by atoms with van der Waals surface area (Å²) in [5, 5.41) is 1.62. The molecule has 0 bridgehead atoms. The molecule has 2 aromatic carbocycles. The van der Waals surface area contributed by atoms with Gasteiger partial charge in [-0.15, -0.1) is 0 Å². The zero-order chi connectivity index (χ0) is 23.8. The molecular formula is C23H27ClN4O3S2. The Labute approximate surface area is 203 Å². The number of aryl methyl sites for hydroxylation is 1. The lowest BCUT2D eigenvalue weighted by molar-refractivity contribution is 0.0746. The molecule has 0 unspecified atom stereocenters. The highest BCUT2D eigenvalue weighted by Crippen LogP contribution is 2.35. The molecule has 1 fully saturated rings. The van der Waals surface area contributed by atoms with Crippen molar-refractivity contribution in [1.82, 2.24) is 14.2 Å². The first kappa shape index (κ1) is 23.9. The number of carbonyl (C=O) groups excluding carboxylic acids is 1. The van der Waals surface area contributed by atoms with E-state index in [9.17, 15) is 13.2 Å². The number of hydrogen-bond donors (Lipinski definition) is 0. The van der Waals surface area contributed by atoms with E-state index in [1.54, 1.807) is 28.4 Å². The van der Waals surface area contributed by atoms with Crippen LogP contribution in [0.4, 0.5) is 5.13 Å². The molecule has 3 aromatic rings. The van der Waals surface area contributed by atoms with Crippen molar-refractivity contribution in [2.75, 3.05) is 44.2 Å². The first-order chi connectivity index (χ1) is 15.8. The molecule has 176 valence electrons. The minimum absolute atomic E-state index is 0.0929. The molecule has 0 saturated carbocycles. The number of aromatic nitrogens is 1. The third kappa shape index (κ3) is 4.59. The number of hydrogen-bond acceptors (Lipinski definition) is 6. The summed E-state index contributed by atoms with van der Waals surface area (Å²) in [5.74, 6) is -0.0929. The van der Waals surface area contributed by atoms with Gasteiger partial charge in [-0.3, -0.25) is 4.79 Å². The van der Waals surface area contributed by atoms with E-state index in [0.717, 1.165) is 20.9 Å². The van der Waals surface area contributed by atoms with Crippen molar-refractivity contribution in [3.05, 3.63) is 52.5 Å². The minimum atomic E-state index is -3.54. The standard InChI is InChI=1S/C23H27ClN4O3S2/c1-4-28(5-2)33(30,31)18-9-7-17(8-10-18)22(29)26-12-14-27(15-13-26)23-25-20-16(3)6-11-19(24)21(20)32-23/h6-11H,4-5,12-15H2,1-3H3. The lowest BCUT2D eigenvalue weighted by Gasteiger charge is -2.34. The number of halogens is 1.